The molecule has 2 rings (SSSR count). The van der Waals surface area contributed by atoms with Crippen molar-refractivity contribution >= 4 is 64.2 Å². The van der Waals surface area contributed by atoms with Crippen molar-refractivity contribution in [2.75, 3.05) is 52.1 Å². The summed E-state index contributed by atoms with van der Waals surface area (Å²) in [5, 5.41) is 0. The first-order chi connectivity index (χ1) is 20.5. The molecule has 2 aromatic rings. The van der Waals surface area contributed by atoms with Gasteiger partial charge in [0.2, 0.25) is 0 Å². The van der Waals surface area contributed by atoms with Gasteiger partial charge in [0.25, 0.3) is 0 Å². The maximum atomic E-state index is 12.3. The van der Waals surface area contributed by atoms with Crippen molar-refractivity contribution in [1.29, 1.82) is 0 Å². The normalized spacial score (nSPS) is 11.6. The van der Waals surface area contributed by atoms with Crippen LogP contribution in [0, 0.1) is 12.1 Å². The molecule has 0 aliphatic carbocycles. The average Bonchev–Trinajstić information content (AvgIpc) is 3.00. The van der Waals surface area contributed by atoms with Crippen LogP contribution in [0.25, 0.3) is 12.2 Å². The first-order valence-electron chi connectivity index (χ1n) is 13.2. The molecule has 0 heterocycles. The van der Waals surface area contributed by atoms with Crippen LogP contribution in [0.3, 0.4) is 0 Å². The summed E-state index contributed by atoms with van der Waals surface area (Å²) in [4.78, 5) is 27.0. The molecule has 0 saturated heterocycles. The molecule has 2 amide bonds. The van der Waals surface area contributed by atoms with Crippen LogP contribution in [-0.4, -0.2) is 88.3 Å². The third-order valence-corrected chi connectivity index (χ3v) is 10.8. The molecule has 0 aliphatic heterocycles. The number of sulfonamides is 2. The Hall–Kier alpha value is -2.20. The van der Waals surface area contributed by atoms with Crippen LogP contribution in [0.4, 0.5) is 11.4 Å². The zero-order valence-corrected chi connectivity index (χ0v) is 33.6. The van der Waals surface area contributed by atoms with Gasteiger partial charge in [-0.3, -0.25) is 0 Å². The first kappa shape index (κ1) is 42.8. The van der Waals surface area contributed by atoms with Gasteiger partial charge in [-0.15, -0.1) is 0 Å². The van der Waals surface area contributed by atoms with Gasteiger partial charge in [0.1, 0.15) is 0 Å². The monoisotopic (exact) mass is 998 g/mol. The number of nitrogens with zero attached hydrogens (tertiary/aromatic N) is 4. The Balaban J connectivity index is 0.000000842. The zero-order chi connectivity index (χ0) is 33.8. The Morgan fingerprint density at radius 2 is 1.22 bits per heavy atom. The number of anilines is 2. The maximum absolute atomic E-state index is 12.3. The minimum absolute atomic E-state index is 0. The van der Waals surface area contributed by atoms with Crippen molar-refractivity contribution in [3.63, 3.8) is 0 Å². The number of carbonyl (C=O) groups is 2. The fraction of sp³-hybridized carbons (Fsp3) is 0.355. The Bertz CT molecular complexity index is 1640. The number of carbonyl (C=O) groups excluding carboxylic acids is 2. The fourth-order valence-corrected chi connectivity index (χ4v) is 5.84. The molecule has 0 radical (unpaired) electrons. The summed E-state index contributed by atoms with van der Waals surface area (Å²) < 4.78 is 55.1. The van der Waals surface area contributed by atoms with Gasteiger partial charge in [-0.25, -0.2) is 0 Å². The summed E-state index contributed by atoms with van der Waals surface area (Å²) in [7, 11) is 2.08. The third-order valence-electron chi connectivity index (χ3n) is 6.15. The van der Waals surface area contributed by atoms with E-state index in [0.29, 0.717) is 35.3 Å². The quantitative estimate of drug-likeness (QED) is 0.301. The van der Waals surface area contributed by atoms with Gasteiger partial charge in [0.05, 0.1) is 0 Å². The summed E-state index contributed by atoms with van der Waals surface area (Å²) in [6, 6.07) is 11.9. The molecule has 0 spiro atoms. The van der Waals surface area contributed by atoms with E-state index in [0.717, 1.165) is 8.61 Å². The predicted molar refractivity (Wildman–Crippen MR) is 177 cm³/mol. The summed E-state index contributed by atoms with van der Waals surface area (Å²) in [6.07, 6.45) is 7.97. The molecule has 0 N–H and O–H groups in total. The molecule has 2 aromatic carbocycles. The van der Waals surface area contributed by atoms with Gasteiger partial charge in [-0.2, -0.15) is 0 Å². The molecule has 0 bridgehead atoms. The van der Waals surface area contributed by atoms with Crippen molar-refractivity contribution in [2.45, 2.75) is 43.9 Å². The second kappa shape index (κ2) is 19.5. The van der Waals surface area contributed by atoms with E-state index in [-0.39, 0.29) is 29.0 Å². The zero-order valence-electron chi connectivity index (χ0n) is 26.1. The van der Waals surface area contributed by atoms with Gasteiger partial charge in [-0.1, -0.05) is 7.43 Å². The Morgan fingerprint density at radius 3 is 1.67 bits per heavy atom. The van der Waals surface area contributed by atoms with Gasteiger partial charge in [-0.05, 0) is 0 Å². The van der Waals surface area contributed by atoms with E-state index in [9.17, 15) is 26.4 Å². The van der Waals surface area contributed by atoms with E-state index in [4.69, 9.17) is 0 Å². The van der Waals surface area contributed by atoms with Crippen LogP contribution in [0.15, 0.2) is 46.2 Å². The summed E-state index contributed by atoms with van der Waals surface area (Å²) >= 11 is 2.58. The van der Waals surface area contributed by atoms with Crippen LogP contribution in [-0.2, 0) is 68.3 Å². The number of hydrogen-bond acceptors (Lipinski definition) is 6. The second-order valence-electron chi connectivity index (χ2n) is 9.43. The number of rotatable bonds is 12. The van der Waals surface area contributed by atoms with E-state index in [1.807, 2.05) is 27.0 Å². The van der Waals surface area contributed by atoms with Crippen molar-refractivity contribution in [3.8, 4) is 0 Å². The predicted octanol–water partition coefficient (Wildman–Crippen LogP) is 3.58. The Morgan fingerprint density at radius 1 is 0.756 bits per heavy atom. The van der Waals surface area contributed by atoms with Crippen molar-refractivity contribution in [3.05, 3.63) is 59.7 Å². The van der Waals surface area contributed by atoms with Crippen LogP contribution in [0.5, 0.6) is 0 Å². The molecule has 0 aromatic heterocycles. The number of hydrogen-bond donors (Lipinski definition) is 0. The molecule has 0 atom stereocenters. The summed E-state index contributed by atoms with van der Waals surface area (Å²) in [5.74, 6) is -0.133. The van der Waals surface area contributed by atoms with Crippen molar-refractivity contribution < 1.29 is 65.1 Å². The molecular weight excluding hydrogens is 956 g/mol. The molecular formula is C31H42N4O6S2W2-2. The topological polar surface area (TPSA) is 115 Å². The van der Waals surface area contributed by atoms with Crippen LogP contribution < -0.4 is 9.80 Å². The summed E-state index contributed by atoms with van der Waals surface area (Å²) in [5.41, 5.74) is 2.42. The molecule has 10 nitrogen and oxygen atoms in total. The van der Waals surface area contributed by atoms with Crippen LogP contribution in [0.2, 0.25) is 0 Å². The molecule has 0 saturated carbocycles. The SMILES string of the molecule is C.CCC(=O)N(C)c1cc(S(=O)(=O)N(C)C)c[c-]c1C=C[CH]=[W].CCC(=O)N(C)c1ccc(S(=O)(=O)N(C)C)[c-]c1C=C[CH]=[W]. The molecule has 0 fully saturated rings. The van der Waals surface area contributed by atoms with E-state index in [1.54, 1.807) is 40.1 Å². The van der Waals surface area contributed by atoms with E-state index >= 15 is 0 Å². The molecule has 0 unspecified atom stereocenters. The van der Waals surface area contributed by atoms with Crippen molar-refractivity contribution in [1.82, 2.24) is 8.61 Å². The second-order valence-corrected chi connectivity index (χ2v) is 15.7. The number of benzene rings is 2. The summed E-state index contributed by atoms with van der Waals surface area (Å²) in [6.45, 7) is 3.55. The Kier molecular flexibility index (Phi) is 18.5. The minimum atomic E-state index is -3.57. The number of allylic oxidation sites excluding steroid dienone is 2. The average molecular weight is 999 g/mol. The first-order valence-corrected chi connectivity index (χ1v) is 19.5. The van der Waals surface area contributed by atoms with Crippen LogP contribution >= 0.6 is 0 Å². The molecule has 14 heteroatoms. The van der Waals surface area contributed by atoms with Gasteiger partial charge < -0.3 is 0 Å². The van der Waals surface area contributed by atoms with Crippen molar-refractivity contribution in [2.24, 2.45) is 0 Å². The van der Waals surface area contributed by atoms with E-state index < -0.39 is 20.0 Å². The van der Waals surface area contributed by atoms with Crippen LogP contribution in [0.1, 0.15) is 45.2 Å². The molecule has 45 heavy (non-hydrogen) atoms. The van der Waals surface area contributed by atoms with Gasteiger partial charge in [0, 0.05) is 0 Å². The van der Waals surface area contributed by atoms with E-state index in [1.165, 1.54) is 94.9 Å². The Labute approximate surface area is 291 Å². The van der Waals surface area contributed by atoms with Gasteiger partial charge in [0.15, 0.2) is 0 Å². The third kappa shape index (κ3) is 11.5. The fourth-order valence-electron chi connectivity index (χ4n) is 3.51. The van der Waals surface area contributed by atoms with E-state index in [2.05, 4.69) is 12.1 Å². The number of amides is 2. The van der Waals surface area contributed by atoms with Gasteiger partial charge >= 0.3 is 286 Å². The molecule has 248 valence electrons. The standard InChI is InChI=1S/2C15H19N2O3S.CH4.2W/c1-6-8-12-11-13(21(19,20)16(3)4)9-10-14(12)17(5)15(18)7-2;1-6-8-12-9-10-13(21(19,20)16(3)4)11-14(12)17(5)15(18)7-2;;;/h1,6,8-10H,7H2,2-5H3;1,6,8,10-11H,7H2,2-5H3;1H4;;/q2*-1;;;. The molecule has 0 aliphatic rings.